The second kappa shape index (κ2) is 7.77. The molecule has 0 amide bonds. The minimum atomic E-state index is 0.485. The van der Waals surface area contributed by atoms with Crippen LogP contribution in [0.4, 0.5) is 0 Å². The molecule has 1 heterocycles. The van der Waals surface area contributed by atoms with Crippen molar-refractivity contribution in [2.24, 2.45) is 5.92 Å². The first-order valence-electron chi connectivity index (χ1n) is 8.67. The summed E-state index contributed by atoms with van der Waals surface area (Å²) in [6.45, 7) is 9.51. The zero-order valence-corrected chi connectivity index (χ0v) is 13.9. The van der Waals surface area contributed by atoms with Gasteiger partial charge in [-0.25, -0.2) is 0 Å². The van der Waals surface area contributed by atoms with Crippen LogP contribution in [0.2, 0.25) is 0 Å². The Labute approximate surface area is 125 Å². The molecule has 3 nitrogen and oxygen atoms in total. The molecule has 2 aliphatic rings. The molecule has 118 valence electrons. The van der Waals surface area contributed by atoms with E-state index in [2.05, 4.69) is 31.0 Å². The van der Waals surface area contributed by atoms with Crippen molar-refractivity contribution in [3.8, 4) is 0 Å². The van der Waals surface area contributed by atoms with Crippen LogP contribution in [0.1, 0.15) is 59.3 Å². The highest BCUT2D eigenvalue weighted by molar-refractivity contribution is 4.90. The van der Waals surface area contributed by atoms with E-state index in [1.54, 1.807) is 0 Å². The Morgan fingerprint density at radius 2 is 2.10 bits per heavy atom. The third kappa shape index (κ3) is 3.96. The fourth-order valence-corrected chi connectivity index (χ4v) is 3.93. The van der Waals surface area contributed by atoms with Gasteiger partial charge in [-0.3, -0.25) is 4.90 Å². The molecule has 1 saturated carbocycles. The molecular formula is C17H34N2O. The summed E-state index contributed by atoms with van der Waals surface area (Å²) in [6.07, 6.45) is 8.20. The molecule has 1 saturated heterocycles. The normalized spacial score (nSPS) is 38.4. The summed E-state index contributed by atoms with van der Waals surface area (Å²) in [5.41, 5.74) is 0. The molecule has 0 spiro atoms. The van der Waals surface area contributed by atoms with E-state index in [1.807, 2.05) is 7.11 Å². The highest BCUT2D eigenvalue weighted by Gasteiger charge is 2.33. The van der Waals surface area contributed by atoms with Crippen molar-refractivity contribution in [1.29, 1.82) is 0 Å². The molecule has 1 aliphatic heterocycles. The molecule has 0 radical (unpaired) electrons. The van der Waals surface area contributed by atoms with Crippen LogP contribution >= 0.6 is 0 Å². The van der Waals surface area contributed by atoms with Crippen molar-refractivity contribution in [2.45, 2.75) is 83.5 Å². The van der Waals surface area contributed by atoms with Gasteiger partial charge in [0.05, 0.1) is 6.10 Å². The van der Waals surface area contributed by atoms with Gasteiger partial charge in [-0.1, -0.05) is 20.3 Å². The first-order valence-corrected chi connectivity index (χ1v) is 8.67. The topological polar surface area (TPSA) is 24.5 Å². The third-order valence-electron chi connectivity index (χ3n) is 5.67. The van der Waals surface area contributed by atoms with E-state index in [1.165, 1.54) is 51.6 Å². The van der Waals surface area contributed by atoms with E-state index in [0.29, 0.717) is 18.2 Å². The Kier molecular flexibility index (Phi) is 6.31. The van der Waals surface area contributed by atoms with Crippen molar-refractivity contribution in [3.63, 3.8) is 0 Å². The standard InChI is InChI=1S/C17H34N2O/c1-5-13(2)17-12-19(14(3)9-10-18-17)15-7-6-8-16(11-15)20-4/h13-18H,5-12H2,1-4H3. The lowest BCUT2D eigenvalue weighted by atomic mass is 9.89. The van der Waals surface area contributed by atoms with Crippen LogP contribution in [0.15, 0.2) is 0 Å². The van der Waals surface area contributed by atoms with Gasteiger partial charge in [0, 0.05) is 31.8 Å². The van der Waals surface area contributed by atoms with Gasteiger partial charge in [0.1, 0.15) is 0 Å². The maximum absolute atomic E-state index is 5.63. The van der Waals surface area contributed by atoms with Crippen LogP contribution in [0.5, 0.6) is 0 Å². The molecule has 2 rings (SSSR count). The molecule has 1 N–H and O–H groups in total. The molecule has 20 heavy (non-hydrogen) atoms. The molecule has 5 atom stereocenters. The van der Waals surface area contributed by atoms with Crippen molar-refractivity contribution < 1.29 is 4.74 Å². The Morgan fingerprint density at radius 1 is 1.30 bits per heavy atom. The van der Waals surface area contributed by atoms with Crippen LogP contribution < -0.4 is 5.32 Å². The van der Waals surface area contributed by atoms with Crippen LogP contribution in [-0.4, -0.2) is 49.3 Å². The van der Waals surface area contributed by atoms with Gasteiger partial charge in [-0.05, 0) is 51.5 Å². The Hall–Kier alpha value is -0.120. The van der Waals surface area contributed by atoms with Crippen LogP contribution in [0.25, 0.3) is 0 Å². The zero-order chi connectivity index (χ0) is 14.5. The molecule has 3 heteroatoms. The SMILES string of the molecule is CCC(C)C1CN(C2CCCC(OC)C2)C(C)CCN1. The summed E-state index contributed by atoms with van der Waals surface area (Å²) < 4.78 is 5.63. The van der Waals surface area contributed by atoms with Gasteiger partial charge < -0.3 is 10.1 Å². The zero-order valence-electron chi connectivity index (χ0n) is 13.9. The van der Waals surface area contributed by atoms with E-state index in [0.717, 1.165) is 12.0 Å². The molecule has 0 aromatic rings. The molecular weight excluding hydrogens is 248 g/mol. The van der Waals surface area contributed by atoms with E-state index in [4.69, 9.17) is 4.74 Å². The van der Waals surface area contributed by atoms with Crippen LogP contribution in [0.3, 0.4) is 0 Å². The number of methoxy groups -OCH3 is 1. The van der Waals surface area contributed by atoms with Gasteiger partial charge in [0.2, 0.25) is 0 Å². The number of hydrogen-bond donors (Lipinski definition) is 1. The minimum absolute atomic E-state index is 0.485. The van der Waals surface area contributed by atoms with E-state index >= 15 is 0 Å². The molecule has 5 unspecified atom stereocenters. The predicted molar refractivity (Wildman–Crippen MR) is 85.1 cm³/mol. The van der Waals surface area contributed by atoms with Crippen LogP contribution in [-0.2, 0) is 4.74 Å². The second-order valence-electron chi connectivity index (χ2n) is 6.96. The Bertz CT molecular complexity index is 284. The number of rotatable bonds is 4. The first kappa shape index (κ1) is 16.3. The number of nitrogens with one attached hydrogen (secondary N) is 1. The monoisotopic (exact) mass is 282 g/mol. The second-order valence-corrected chi connectivity index (χ2v) is 6.96. The Morgan fingerprint density at radius 3 is 2.80 bits per heavy atom. The maximum atomic E-state index is 5.63. The average molecular weight is 282 g/mol. The smallest absolute Gasteiger partial charge is 0.0586 e. The Balaban J connectivity index is 2.02. The van der Waals surface area contributed by atoms with Gasteiger partial charge in [0.25, 0.3) is 0 Å². The summed E-state index contributed by atoms with van der Waals surface area (Å²) in [7, 11) is 1.88. The van der Waals surface area contributed by atoms with Crippen molar-refractivity contribution >= 4 is 0 Å². The molecule has 1 aliphatic carbocycles. The third-order valence-corrected chi connectivity index (χ3v) is 5.67. The van der Waals surface area contributed by atoms with Gasteiger partial charge in [-0.15, -0.1) is 0 Å². The van der Waals surface area contributed by atoms with Gasteiger partial charge >= 0.3 is 0 Å². The van der Waals surface area contributed by atoms with Crippen molar-refractivity contribution in [3.05, 3.63) is 0 Å². The summed E-state index contributed by atoms with van der Waals surface area (Å²) in [6, 6.07) is 2.10. The summed E-state index contributed by atoms with van der Waals surface area (Å²) in [5, 5.41) is 3.78. The molecule has 0 aromatic carbocycles. The predicted octanol–water partition coefficient (Wildman–Crippen LogP) is 3.04. The number of nitrogens with zero attached hydrogens (tertiary/aromatic N) is 1. The van der Waals surface area contributed by atoms with E-state index in [-0.39, 0.29) is 0 Å². The van der Waals surface area contributed by atoms with E-state index < -0.39 is 0 Å². The lowest BCUT2D eigenvalue weighted by Gasteiger charge is -2.41. The fraction of sp³-hybridized carbons (Fsp3) is 1.00. The summed E-state index contributed by atoms with van der Waals surface area (Å²) in [5.74, 6) is 0.768. The lowest BCUT2D eigenvalue weighted by molar-refractivity contribution is 0.0143. The van der Waals surface area contributed by atoms with Crippen molar-refractivity contribution in [1.82, 2.24) is 10.2 Å². The quantitative estimate of drug-likeness (QED) is 0.858. The summed E-state index contributed by atoms with van der Waals surface area (Å²) >= 11 is 0. The molecule has 2 fully saturated rings. The highest BCUT2D eigenvalue weighted by Crippen LogP contribution is 2.28. The maximum Gasteiger partial charge on any atom is 0.0586 e. The summed E-state index contributed by atoms with van der Waals surface area (Å²) in [4.78, 5) is 2.79. The lowest BCUT2D eigenvalue weighted by Crippen LogP contribution is -2.50. The largest absolute Gasteiger partial charge is 0.381 e. The minimum Gasteiger partial charge on any atom is -0.381 e. The van der Waals surface area contributed by atoms with Gasteiger partial charge in [0.15, 0.2) is 0 Å². The average Bonchev–Trinajstić information content (AvgIpc) is 2.68. The van der Waals surface area contributed by atoms with Crippen LogP contribution in [0, 0.1) is 5.92 Å². The molecule has 0 aromatic heterocycles. The number of hydrogen-bond acceptors (Lipinski definition) is 3. The first-order chi connectivity index (χ1) is 9.65. The highest BCUT2D eigenvalue weighted by atomic mass is 16.5. The fourth-order valence-electron chi connectivity index (χ4n) is 3.93. The van der Waals surface area contributed by atoms with Crippen molar-refractivity contribution in [2.75, 3.05) is 20.2 Å². The molecule has 0 bridgehead atoms. The van der Waals surface area contributed by atoms with Gasteiger partial charge in [-0.2, -0.15) is 0 Å². The number of ether oxygens (including phenoxy) is 1. The van der Waals surface area contributed by atoms with E-state index in [9.17, 15) is 0 Å².